The topological polar surface area (TPSA) is 3.24 Å². The highest BCUT2D eigenvalue weighted by Gasteiger charge is 2.39. The van der Waals surface area contributed by atoms with Gasteiger partial charge < -0.3 is 4.48 Å². The van der Waals surface area contributed by atoms with Crippen molar-refractivity contribution in [3.63, 3.8) is 0 Å². The molecule has 1 heterocycles. The van der Waals surface area contributed by atoms with Crippen LogP contribution in [-0.4, -0.2) is 48.8 Å². The summed E-state index contributed by atoms with van der Waals surface area (Å²) in [7, 11) is 2.41. The fraction of sp³-hybridized carbons (Fsp3) is 1.00. The standard InChI is InChI=1S/C12H27N2/c1-6-12-9-13(8-11(3)4)10-14(12,5)7-2/h11-12H,6-10H2,1-5H3/q+1/t12?,14-/m0/s1. The molecule has 1 saturated heterocycles. The van der Waals surface area contributed by atoms with Crippen LogP contribution in [0.15, 0.2) is 0 Å². The minimum atomic E-state index is 0.802. The minimum Gasteiger partial charge on any atom is -0.310 e. The minimum absolute atomic E-state index is 0.802. The Morgan fingerprint density at radius 2 is 2.00 bits per heavy atom. The Labute approximate surface area is 89.5 Å². The van der Waals surface area contributed by atoms with E-state index in [-0.39, 0.29) is 0 Å². The number of hydrogen-bond donors (Lipinski definition) is 0. The van der Waals surface area contributed by atoms with Crippen molar-refractivity contribution < 1.29 is 4.48 Å². The van der Waals surface area contributed by atoms with Crippen molar-refractivity contribution in [2.75, 3.05) is 33.4 Å². The van der Waals surface area contributed by atoms with Crippen LogP contribution >= 0.6 is 0 Å². The smallest absolute Gasteiger partial charge is 0.135 e. The number of likely N-dealkylation sites (N-methyl/N-ethyl adjacent to an activating group) is 1. The Balaban J connectivity index is 2.56. The predicted molar refractivity (Wildman–Crippen MR) is 62.1 cm³/mol. The first-order valence-electron chi connectivity index (χ1n) is 6.08. The average Bonchev–Trinajstić information content (AvgIpc) is 2.42. The van der Waals surface area contributed by atoms with E-state index < -0.39 is 0 Å². The molecule has 1 aliphatic heterocycles. The van der Waals surface area contributed by atoms with Gasteiger partial charge in [-0.3, -0.25) is 4.90 Å². The molecule has 0 bridgehead atoms. The van der Waals surface area contributed by atoms with Crippen LogP contribution in [0, 0.1) is 5.92 Å². The molecule has 1 aliphatic rings. The predicted octanol–water partition coefficient (Wildman–Crippen LogP) is 2.16. The van der Waals surface area contributed by atoms with E-state index >= 15 is 0 Å². The quantitative estimate of drug-likeness (QED) is 0.627. The summed E-state index contributed by atoms with van der Waals surface area (Å²) >= 11 is 0. The van der Waals surface area contributed by atoms with Crippen molar-refractivity contribution in [2.24, 2.45) is 5.92 Å². The van der Waals surface area contributed by atoms with Crippen molar-refractivity contribution in [1.29, 1.82) is 0 Å². The zero-order valence-electron chi connectivity index (χ0n) is 10.6. The Hall–Kier alpha value is -0.0800. The molecular formula is C12H27N2+. The highest BCUT2D eigenvalue weighted by molar-refractivity contribution is 4.71. The molecule has 0 aromatic carbocycles. The van der Waals surface area contributed by atoms with Crippen molar-refractivity contribution in [3.8, 4) is 0 Å². The fourth-order valence-electron chi connectivity index (χ4n) is 2.70. The van der Waals surface area contributed by atoms with Crippen LogP contribution in [0.2, 0.25) is 0 Å². The Morgan fingerprint density at radius 3 is 2.36 bits per heavy atom. The van der Waals surface area contributed by atoms with Gasteiger partial charge in [-0.05, 0) is 19.3 Å². The number of rotatable bonds is 4. The first kappa shape index (κ1) is 12.0. The maximum atomic E-state index is 2.64. The van der Waals surface area contributed by atoms with Gasteiger partial charge in [-0.2, -0.15) is 0 Å². The largest absolute Gasteiger partial charge is 0.310 e. The summed E-state index contributed by atoms with van der Waals surface area (Å²) in [6.45, 7) is 14.4. The molecule has 1 fully saturated rings. The molecule has 14 heavy (non-hydrogen) atoms. The van der Waals surface area contributed by atoms with E-state index in [1.807, 2.05) is 0 Å². The van der Waals surface area contributed by atoms with Gasteiger partial charge in [-0.1, -0.05) is 20.8 Å². The van der Waals surface area contributed by atoms with Crippen LogP contribution in [0.25, 0.3) is 0 Å². The lowest BCUT2D eigenvalue weighted by Gasteiger charge is -2.33. The molecule has 0 amide bonds. The van der Waals surface area contributed by atoms with Crippen molar-refractivity contribution in [2.45, 2.75) is 40.2 Å². The highest BCUT2D eigenvalue weighted by atomic mass is 15.5. The SMILES string of the molecule is CCC1CN(CC(C)C)C[N@+]1(C)CC. The van der Waals surface area contributed by atoms with Crippen LogP contribution < -0.4 is 0 Å². The molecule has 0 spiro atoms. The molecule has 2 nitrogen and oxygen atoms in total. The van der Waals surface area contributed by atoms with Gasteiger partial charge in [-0.15, -0.1) is 0 Å². The Morgan fingerprint density at radius 1 is 1.36 bits per heavy atom. The van der Waals surface area contributed by atoms with Gasteiger partial charge >= 0.3 is 0 Å². The summed E-state index contributed by atoms with van der Waals surface area (Å²) in [5.74, 6) is 0.802. The molecule has 0 aromatic rings. The normalized spacial score (nSPS) is 34.3. The summed E-state index contributed by atoms with van der Waals surface area (Å²) in [6, 6.07) is 0.860. The average molecular weight is 199 g/mol. The van der Waals surface area contributed by atoms with Gasteiger partial charge in [0.2, 0.25) is 0 Å². The lowest BCUT2D eigenvalue weighted by molar-refractivity contribution is -0.922. The number of nitrogens with zero attached hydrogens (tertiary/aromatic N) is 2. The molecule has 84 valence electrons. The molecule has 0 aromatic heterocycles. The first-order valence-corrected chi connectivity index (χ1v) is 6.08. The highest BCUT2D eigenvalue weighted by Crippen LogP contribution is 2.23. The molecule has 0 aliphatic carbocycles. The Bertz CT molecular complexity index is 179. The van der Waals surface area contributed by atoms with Gasteiger partial charge in [0.25, 0.3) is 0 Å². The van der Waals surface area contributed by atoms with Crippen molar-refractivity contribution in [3.05, 3.63) is 0 Å². The van der Waals surface area contributed by atoms with Gasteiger partial charge in [-0.25, -0.2) is 0 Å². The van der Waals surface area contributed by atoms with E-state index in [4.69, 9.17) is 0 Å². The first-order chi connectivity index (χ1) is 6.51. The zero-order chi connectivity index (χ0) is 10.8. The van der Waals surface area contributed by atoms with Gasteiger partial charge in [0.05, 0.1) is 20.1 Å². The van der Waals surface area contributed by atoms with Crippen molar-refractivity contribution >= 4 is 0 Å². The van der Waals surface area contributed by atoms with Crippen LogP contribution in [0.3, 0.4) is 0 Å². The molecule has 2 heteroatoms. The summed E-state index contributed by atoms with van der Waals surface area (Å²) in [5, 5.41) is 0. The van der Waals surface area contributed by atoms with Crippen LogP contribution in [0.5, 0.6) is 0 Å². The van der Waals surface area contributed by atoms with E-state index in [1.54, 1.807) is 0 Å². The maximum absolute atomic E-state index is 2.64. The Kier molecular flexibility index (Phi) is 3.96. The van der Waals surface area contributed by atoms with E-state index in [9.17, 15) is 0 Å². The fourth-order valence-corrected chi connectivity index (χ4v) is 2.70. The maximum Gasteiger partial charge on any atom is 0.135 e. The summed E-state index contributed by atoms with van der Waals surface area (Å²) < 4.78 is 1.25. The third-order valence-electron chi connectivity index (χ3n) is 3.69. The monoisotopic (exact) mass is 199 g/mol. The second-order valence-electron chi connectivity index (χ2n) is 5.43. The summed E-state index contributed by atoms with van der Waals surface area (Å²) in [6.07, 6.45) is 1.32. The molecular weight excluding hydrogens is 172 g/mol. The lowest BCUT2D eigenvalue weighted by Crippen LogP contribution is -2.48. The van der Waals surface area contributed by atoms with Gasteiger partial charge in [0.1, 0.15) is 12.7 Å². The third kappa shape index (κ3) is 2.48. The van der Waals surface area contributed by atoms with E-state index in [2.05, 4.69) is 39.6 Å². The molecule has 1 rings (SSSR count). The van der Waals surface area contributed by atoms with Crippen LogP contribution in [0.4, 0.5) is 0 Å². The lowest BCUT2D eigenvalue weighted by atomic mass is 10.1. The summed E-state index contributed by atoms with van der Waals surface area (Å²) in [5.41, 5.74) is 0. The second kappa shape index (κ2) is 4.63. The zero-order valence-corrected chi connectivity index (χ0v) is 10.6. The van der Waals surface area contributed by atoms with Gasteiger partial charge in [0.15, 0.2) is 0 Å². The molecule has 2 atom stereocenters. The molecule has 0 saturated carbocycles. The molecule has 0 N–H and O–H groups in total. The van der Waals surface area contributed by atoms with E-state index in [0.717, 1.165) is 12.0 Å². The molecule has 1 unspecified atom stereocenters. The van der Waals surface area contributed by atoms with Gasteiger partial charge in [0, 0.05) is 6.54 Å². The van der Waals surface area contributed by atoms with E-state index in [1.165, 1.54) is 37.2 Å². The van der Waals surface area contributed by atoms with Crippen LogP contribution in [-0.2, 0) is 0 Å². The van der Waals surface area contributed by atoms with E-state index in [0.29, 0.717) is 0 Å². The van der Waals surface area contributed by atoms with Crippen LogP contribution in [0.1, 0.15) is 34.1 Å². The number of hydrogen-bond acceptors (Lipinski definition) is 1. The second-order valence-corrected chi connectivity index (χ2v) is 5.43. The molecule has 0 radical (unpaired) electrons. The summed E-state index contributed by atoms with van der Waals surface area (Å²) in [4.78, 5) is 2.64. The number of quaternary nitrogens is 1. The third-order valence-corrected chi connectivity index (χ3v) is 3.69. The van der Waals surface area contributed by atoms with Crippen molar-refractivity contribution in [1.82, 2.24) is 4.90 Å².